The maximum absolute atomic E-state index is 11.0. The van der Waals surface area contributed by atoms with E-state index in [-0.39, 0.29) is 12.0 Å². The maximum Gasteiger partial charge on any atom is 0.0956 e. The van der Waals surface area contributed by atoms with Crippen LogP contribution in [0.25, 0.3) is 11.3 Å². The van der Waals surface area contributed by atoms with Crippen molar-refractivity contribution in [3.63, 3.8) is 0 Å². The molecule has 3 heterocycles. The molecule has 1 aromatic carbocycles. The first-order valence-electron chi connectivity index (χ1n) is 8.06. The Morgan fingerprint density at radius 1 is 1.04 bits per heavy atom. The highest BCUT2D eigenvalue weighted by molar-refractivity contribution is 5.69. The summed E-state index contributed by atoms with van der Waals surface area (Å²) in [6, 6.07) is 10.6. The van der Waals surface area contributed by atoms with Crippen LogP contribution in [0.4, 0.5) is 0 Å². The fourth-order valence-electron chi connectivity index (χ4n) is 4.29. The third kappa shape index (κ3) is 1.75. The standard InChI is InChI=1S/C19H17N3O/c23-19-13-7-8-20-9-12(13)5-6-16(19)18-15-4-2-1-3-14(15)17-10-21-11-22(17)18/h1-4,7-11,16,18-19,23H,5-6H2/t16-,18+,19-/m0/s1. The van der Waals surface area contributed by atoms with Crippen LogP contribution in [0.15, 0.2) is 55.2 Å². The van der Waals surface area contributed by atoms with E-state index in [4.69, 9.17) is 0 Å². The van der Waals surface area contributed by atoms with Crippen molar-refractivity contribution >= 4 is 0 Å². The Kier molecular flexibility index (Phi) is 2.70. The summed E-state index contributed by atoms with van der Waals surface area (Å²) in [4.78, 5) is 8.52. The second-order valence-corrected chi connectivity index (χ2v) is 6.44. The number of hydrogen-bond acceptors (Lipinski definition) is 3. The van der Waals surface area contributed by atoms with Crippen LogP contribution in [-0.2, 0) is 6.42 Å². The summed E-state index contributed by atoms with van der Waals surface area (Å²) in [5.74, 6) is 0.154. The van der Waals surface area contributed by atoms with E-state index in [1.807, 2.05) is 24.8 Å². The molecule has 1 aliphatic carbocycles. The lowest BCUT2D eigenvalue weighted by Crippen LogP contribution is -2.28. The molecule has 0 bridgehead atoms. The summed E-state index contributed by atoms with van der Waals surface area (Å²) in [7, 11) is 0. The molecule has 3 aromatic rings. The normalized spacial score (nSPS) is 24.8. The average molecular weight is 303 g/mol. The molecule has 3 atom stereocenters. The fraction of sp³-hybridized carbons (Fsp3) is 0.263. The van der Waals surface area contributed by atoms with Gasteiger partial charge in [0.25, 0.3) is 0 Å². The summed E-state index contributed by atoms with van der Waals surface area (Å²) in [6.07, 6.45) is 8.94. The van der Waals surface area contributed by atoms with E-state index in [1.54, 1.807) is 6.20 Å². The number of aliphatic hydroxyl groups is 1. The van der Waals surface area contributed by atoms with Gasteiger partial charge < -0.3 is 9.67 Å². The predicted molar refractivity (Wildman–Crippen MR) is 86.8 cm³/mol. The lowest BCUT2D eigenvalue weighted by Gasteiger charge is -2.35. The van der Waals surface area contributed by atoms with Crippen LogP contribution >= 0.6 is 0 Å². The molecule has 2 aromatic heterocycles. The Morgan fingerprint density at radius 2 is 1.96 bits per heavy atom. The zero-order chi connectivity index (χ0) is 15.4. The Balaban J connectivity index is 1.64. The summed E-state index contributed by atoms with van der Waals surface area (Å²) >= 11 is 0. The van der Waals surface area contributed by atoms with Gasteiger partial charge in [-0.25, -0.2) is 4.98 Å². The number of rotatable bonds is 1. The van der Waals surface area contributed by atoms with Gasteiger partial charge >= 0.3 is 0 Å². The first-order chi connectivity index (χ1) is 11.3. The van der Waals surface area contributed by atoms with Crippen molar-refractivity contribution < 1.29 is 5.11 Å². The van der Waals surface area contributed by atoms with E-state index in [2.05, 4.69) is 38.8 Å². The van der Waals surface area contributed by atoms with Crippen molar-refractivity contribution in [1.29, 1.82) is 0 Å². The quantitative estimate of drug-likeness (QED) is 0.751. The van der Waals surface area contributed by atoms with Gasteiger partial charge in [-0.2, -0.15) is 0 Å². The van der Waals surface area contributed by atoms with Gasteiger partial charge in [0.15, 0.2) is 0 Å². The molecule has 2 aliphatic rings. The monoisotopic (exact) mass is 303 g/mol. The highest BCUT2D eigenvalue weighted by atomic mass is 16.3. The summed E-state index contributed by atoms with van der Waals surface area (Å²) in [5.41, 5.74) is 5.89. The van der Waals surface area contributed by atoms with Crippen LogP contribution in [0.5, 0.6) is 0 Å². The molecule has 0 radical (unpaired) electrons. The van der Waals surface area contributed by atoms with Crippen molar-refractivity contribution in [2.75, 3.05) is 0 Å². The van der Waals surface area contributed by atoms with Crippen molar-refractivity contribution in [1.82, 2.24) is 14.5 Å². The number of benzene rings is 1. The smallest absolute Gasteiger partial charge is 0.0956 e. The molecule has 1 aliphatic heterocycles. The van der Waals surface area contributed by atoms with Crippen LogP contribution in [0.2, 0.25) is 0 Å². The second kappa shape index (κ2) is 4.77. The first kappa shape index (κ1) is 13.0. The van der Waals surface area contributed by atoms with Crippen molar-refractivity contribution in [2.24, 2.45) is 5.92 Å². The Bertz CT molecular complexity index is 886. The molecule has 0 unspecified atom stereocenters. The molecule has 4 nitrogen and oxygen atoms in total. The predicted octanol–water partition coefficient (Wildman–Crippen LogP) is 3.14. The Morgan fingerprint density at radius 3 is 2.91 bits per heavy atom. The largest absolute Gasteiger partial charge is 0.388 e. The molecule has 23 heavy (non-hydrogen) atoms. The van der Waals surface area contributed by atoms with Crippen molar-refractivity contribution in [3.05, 3.63) is 71.9 Å². The topological polar surface area (TPSA) is 50.9 Å². The molecular weight excluding hydrogens is 286 g/mol. The van der Waals surface area contributed by atoms with Crippen LogP contribution in [0.1, 0.15) is 35.3 Å². The Labute approximate surface area is 134 Å². The molecule has 0 saturated carbocycles. The van der Waals surface area contributed by atoms with Crippen LogP contribution in [-0.4, -0.2) is 19.6 Å². The lowest BCUT2D eigenvalue weighted by molar-refractivity contribution is 0.0718. The van der Waals surface area contributed by atoms with Crippen molar-refractivity contribution in [2.45, 2.75) is 25.0 Å². The highest BCUT2D eigenvalue weighted by Crippen LogP contribution is 2.49. The number of pyridine rings is 1. The molecule has 5 rings (SSSR count). The minimum Gasteiger partial charge on any atom is -0.388 e. The SMILES string of the molecule is O[C@H]1c2ccncc2CC[C@H]1[C@H]1c2ccccc2-c2cncn21. The molecule has 0 amide bonds. The van der Waals surface area contributed by atoms with Gasteiger partial charge in [-0.1, -0.05) is 24.3 Å². The molecule has 4 heteroatoms. The molecule has 0 fully saturated rings. The Hall–Kier alpha value is -2.46. The second-order valence-electron chi connectivity index (χ2n) is 6.44. The molecule has 1 N–H and O–H groups in total. The lowest BCUT2D eigenvalue weighted by atomic mass is 9.76. The van der Waals surface area contributed by atoms with E-state index in [1.165, 1.54) is 16.7 Å². The number of hydrogen-bond donors (Lipinski definition) is 1. The summed E-state index contributed by atoms with van der Waals surface area (Å²) in [6.45, 7) is 0. The zero-order valence-electron chi connectivity index (χ0n) is 12.6. The minimum atomic E-state index is -0.465. The number of fused-ring (bicyclic) bond motifs is 4. The van der Waals surface area contributed by atoms with E-state index < -0.39 is 6.10 Å². The van der Waals surface area contributed by atoms with Crippen LogP contribution in [0.3, 0.4) is 0 Å². The van der Waals surface area contributed by atoms with Crippen LogP contribution < -0.4 is 0 Å². The number of aromatic nitrogens is 3. The third-order valence-corrected chi connectivity index (χ3v) is 5.34. The van der Waals surface area contributed by atoms with Gasteiger partial charge in [0.2, 0.25) is 0 Å². The number of nitrogens with zero attached hydrogens (tertiary/aromatic N) is 3. The molecule has 0 saturated heterocycles. The van der Waals surface area contributed by atoms with Gasteiger partial charge in [0, 0.05) is 23.9 Å². The van der Waals surface area contributed by atoms with Gasteiger partial charge in [-0.15, -0.1) is 0 Å². The number of aliphatic hydroxyl groups excluding tert-OH is 1. The fourth-order valence-corrected chi connectivity index (χ4v) is 4.29. The molecule has 114 valence electrons. The highest BCUT2D eigenvalue weighted by Gasteiger charge is 2.40. The summed E-state index contributed by atoms with van der Waals surface area (Å²) < 4.78 is 2.23. The first-order valence-corrected chi connectivity index (χ1v) is 8.06. The van der Waals surface area contributed by atoms with E-state index in [0.29, 0.717) is 0 Å². The van der Waals surface area contributed by atoms with Crippen LogP contribution in [0, 0.1) is 5.92 Å². The number of aryl methyl sites for hydroxylation is 1. The minimum absolute atomic E-state index is 0.153. The van der Waals surface area contributed by atoms with Crippen molar-refractivity contribution in [3.8, 4) is 11.3 Å². The molecule has 0 spiro atoms. The zero-order valence-corrected chi connectivity index (χ0v) is 12.6. The van der Waals surface area contributed by atoms with E-state index in [0.717, 1.165) is 24.1 Å². The van der Waals surface area contributed by atoms with Gasteiger partial charge in [0.05, 0.1) is 30.4 Å². The van der Waals surface area contributed by atoms with Gasteiger partial charge in [-0.05, 0) is 35.6 Å². The molecular formula is C19H17N3O. The average Bonchev–Trinajstić information content (AvgIpc) is 3.17. The van der Waals surface area contributed by atoms with Gasteiger partial charge in [0.1, 0.15) is 0 Å². The maximum atomic E-state index is 11.0. The summed E-state index contributed by atoms with van der Waals surface area (Å²) in [5, 5.41) is 11.0. The third-order valence-electron chi connectivity index (χ3n) is 5.34. The van der Waals surface area contributed by atoms with Gasteiger partial charge in [-0.3, -0.25) is 4.98 Å². The number of imidazole rings is 1. The van der Waals surface area contributed by atoms with E-state index >= 15 is 0 Å². The van der Waals surface area contributed by atoms with E-state index in [9.17, 15) is 5.11 Å².